The Hall–Kier alpha value is -0.760. The van der Waals surface area contributed by atoms with Crippen molar-refractivity contribution in [3.63, 3.8) is 0 Å². The number of carbonyl (C=O) groups excluding carboxylic acids is 1. The molecule has 2 fully saturated rings. The normalized spacial score (nSPS) is 30.2. The molecule has 3 heterocycles. The monoisotopic (exact) mass is 286 g/mol. The Labute approximate surface area is 116 Å². The van der Waals surface area contributed by atoms with Crippen molar-refractivity contribution < 1.29 is 19.0 Å². The van der Waals surface area contributed by atoms with E-state index in [9.17, 15) is 4.79 Å². The molecule has 0 radical (unpaired) electrons. The Balaban J connectivity index is 1.52. The van der Waals surface area contributed by atoms with Crippen molar-refractivity contribution in [3.8, 4) is 0 Å². The molecule has 1 atom stereocenters. The fraction of sp³-hybridized carbons (Fsp3) is 0.750. The quantitative estimate of drug-likeness (QED) is 0.740. The average Bonchev–Trinajstić information content (AvgIpc) is 3.09. The van der Waals surface area contributed by atoms with Crippen LogP contribution in [-0.2, 0) is 19.0 Å². The second kappa shape index (κ2) is 5.32. The lowest BCUT2D eigenvalue weighted by atomic mass is 10.0. The maximum atomic E-state index is 11.4. The zero-order valence-corrected chi connectivity index (χ0v) is 11.7. The third-order valence-corrected chi connectivity index (χ3v) is 4.75. The summed E-state index contributed by atoms with van der Waals surface area (Å²) < 4.78 is 16.1. The first-order valence-electron chi connectivity index (χ1n) is 6.45. The highest BCUT2D eigenvalue weighted by Gasteiger charge is 2.41. The number of nitrogens with one attached hydrogen (secondary N) is 1. The first-order chi connectivity index (χ1) is 9.22. The van der Waals surface area contributed by atoms with Crippen molar-refractivity contribution in [2.24, 2.45) is 0 Å². The number of hydrogen-bond acceptors (Lipinski definition) is 7. The molecule has 0 aromatic rings. The Morgan fingerprint density at radius 3 is 2.79 bits per heavy atom. The molecule has 2 saturated heterocycles. The largest absolute Gasteiger partial charge is 0.464 e. The standard InChI is InChI=1S/C12H18N2O4S/c1-16-10(15)9-8-19-11(13-9)14-4-2-12(3-5-14)17-6-7-18-12/h8,11,13H,2-7H2,1H3. The highest BCUT2D eigenvalue weighted by molar-refractivity contribution is 8.02. The number of piperidine rings is 1. The van der Waals surface area contributed by atoms with Crippen molar-refractivity contribution >= 4 is 17.7 Å². The smallest absolute Gasteiger partial charge is 0.354 e. The Morgan fingerprint density at radius 2 is 2.16 bits per heavy atom. The van der Waals surface area contributed by atoms with Gasteiger partial charge in [-0.2, -0.15) is 0 Å². The van der Waals surface area contributed by atoms with Gasteiger partial charge in [-0.05, 0) is 0 Å². The molecule has 0 aromatic carbocycles. The number of esters is 1. The van der Waals surface area contributed by atoms with E-state index in [2.05, 4.69) is 10.2 Å². The Bertz CT molecular complexity index is 385. The first-order valence-corrected chi connectivity index (χ1v) is 7.39. The molecule has 3 aliphatic rings. The summed E-state index contributed by atoms with van der Waals surface area (Å²) in [5.41, 5.74) is 0.638. The molecular formula is C12H18N2O4S. The van der Waals surface area contributed by atoms with E-state index in [1.54, 1.807) is 11.8 Å². The van der Waals surface area contributed by atoms with Crippen molar-refractivity contribution in [2.75, 3.05) is 33.4 Å². The molecule has 0 aliphatic carbocycles. The van der Waals surface area contributed by atoms with Crippen LogP contribution in [0.1, 0.15) is 12.8 Å². The fourth-order valence-electron chi connectivity index (χ4n) is 2.61. The molecule has 1 unspecified atom stereocenters. The van der Waals surface area contributed by atoms with Gasteiger partial charge in [-0.25, -0.2) is 4.79 Å². The summed E-state index contributed by atoms with van der Waals surface area (Å²) >= 11 is 1.60. The molecule has 0 amide bonds. The van der Waals surface area contributed by atoms with Gasteiger partial charge in [0.15, 0.2) is 5.79 Å². The van der Waals surface area contributed by atoms with Crippen LogP contribution in [0, 0.1) is 0 Å². The van der Waals surface area contributed by atoms with E-state index in [0.29, 0.717) is 18.9 Å². The zero-order valence-electron chi connectivity index (χ0n) is 10.9. The number of methoxy groups -OCH3 is 1. The van der Waals surface area contributed by atoms with Gasteiger partial charge in [-0.15, -0.1) is 0 Å². The summed E-state index contributed by atoms with van der Waals surface area (Å²) in [6, 6.07) is 0. The van der Waals surface area contributed by atoms with Gasteiger partial charge in [0.25, 0.3) is 0 Å². The minimum Gasteiger partial charge on any atom is -0.464 e. The van der Waals surface area contributed by atoms with Gasteiger partial charge in [-0.1, -0.05) is 11.8 Å². The van der Waals surface area contributed by atoms with Crippen molar-refractivity contribution in [2.45, 2.75) is 24.1 Å². The fourth-order valence-corrected chi connectivity index (χ4v) is 3.62. The number of rotatable bonds is 2. The lowest BCUT2D eigenvalue weighted by molar-refractivity contribution is -0.186. The van der Waals surface area contributed by atoms with E-state index in [4.69, 9.17) is 14.2 Å². The molecule has 1 N–H and O–H groups in total. The van der Waals surface area contributed by atoms with Crippen LogP contribution < -0.4 is 5.32 Å². The van der Waals surface area contributed by atoms with Gasteiger partial charge in [0.2, 0.25) is 0 Å². The van der Waals surface area contributed by atoms with E-state index in [0.717, 1.165) is 25.9 Å². The predicted molar refractivity (Wildman–Crippen MR) is 70.1 cm³/mol. The minimum absolute atomic E-state index is 0.104. The molecule has 0 saturated carbocycles. The number of thioether (sulfide) groups is 1. The van der Waals surface area contributed by atoms with Gasteiger partial charge in [0.05, 0.1) is 20.3 Å². The molecule has 106 valence electrons. The highest BCUT2D eigenvalue weighted by atomic mass is 32.2. The Kier molecular flexibility index (Phi) is 3.70. The third kappa shape index (κ3) is 2.60. The molecule has 0 bridgehead atoms. The van der Waals surface area contributed by atoms with E-state index in [1.807, 2.05) is 5.41 Å². The van der Waals surface area contributed by atoms with Crippen LogP contribution in [0.4, 0.5) is 0 Å². The zero-order chi connectivity index (χ0) is 13.3. The summed E-state index contributed by atoms with van der Waals surface area (Å²) in [5.74, 6) is -0.663. The lowest BCUT2D eigenvalue weighted by Crippen LogP contribution is -2.51. The van der Waals surface area contributed by atoms with Gasteiger partial charge in [-0.3, -0.25) is 4.90 Å². The molecule has 3 aliphatic heterocycles. The lowest BCUT2D eigenvalue weighted by Gasteiger charge is -2.39. The molecule has 3 rings (SSSR count). The summed E-state index contributed by atoms with van der Waals surface area (Å²) in [5, 5.41) is 5.01. The van der Waals surface area contributed by atoms with Crippen LogP contribution in [0.2, 0.25) is 0 Å². The summed E-state index contributed by atoms with van der Waals surface area (Å²) in [6.45, 7) is 3.19. The van der Waals surface area contributed by atoms with E-state index >= 15 is 0 Å². The van der Waals surface area contributed by atoms with E-state index < -0.39 is 0 Å². The van der Waals surface area contributed by atoms with Gasteiger partial charge in [0.1, 0.15) is 11.2 Å². The van der Waals surface area contributed by atoms with Gasteiger partial charge < -0.3 is 19.5 Å². The third-order valence-electron chi connectivity index (χ3n) is 3.70. The molecule has 19 heavy (non-hydrogen) atoms. The van der Waals surface area contributed by atoms with Crippen LogP contribution in [-0.4, -0.2) is 55.6 Å². The number of hydrogen-bond donors (Lipinski definition) is 1. The van der Waals surface area contributed by atoms with E-state index in [-0.39, 0.29) is 17.3 Å². The maximum Gasteiger partial charge on any atom is 0.354 e. The summed E-state index contributed by atoms with van der Waals surface area (Å²) in [6.07, 6.45) is 1.75. The Morgan fingerprint density at radius 1 is 1.47 bits per heavy atom. The molecule has 7 heteroatoms. The van der Waals surface area contributed by atoms with Crippen molar-refractivity contribution in [1.29, 1.82) is 0 Å². The minimum atomic E-state index is -0.349. The maximum absolute atomic E-state index is 11.4. The number of carbonyl (C=O) groups is 1. The summed E-state index contributed by atoms with van der Waals surface area (Å²) in [4.78, 5) is 13.7. The van der Waals surface area contributed by atoms with Crippen LogP contribution in [0.25, 0.3) is 0 Å². The summed E-state index contributed by atoms with van der Waals surface area (Å²) in [7, 11) is 1.39. The number of ether oxygens (including phenoxy) is 3. The number of nitrogens with zero attached hydrogens (tertiary/aromatic N) is 1. The van der Waals surface area contributed by atoms with Crippen molar-refractivity contribution in [1.82, 2.24) is 10.2 Å². The molecule has 0 aromatic heterocycles. The second-order valence-corrected chi connectivity index (χ2v) is 5.75. The number of likely N-dealkylation sites (tertiary alicyclic amines) is 1. The SMILES string of the molecule is COC(=O)C1=CSC(N2CCC3(CC2)OCCO3)N1. The topological polar surface area (TPSA) is 60.0 Å². The molecular weight excluding hydrogens is 268 g/mol. The predicted octanol–water partition coefficient (Wildman–Crippen LogP) is 0.460. The molecule has 1 spiro atoms. The van der Waals surface area contributed by atoms with Crippen molar-refractivity contribution in [3.05, 3.63) is 11.1 Å². The van der Waals surface area contributed by atoms with Gasteiger partial charge >= 0.3 is 5.97 Å². The molecule has 6 nitrogen and oxygen atoms in total. The van der Waals surface area contributed by atoms with Gasteiger partial charge in [0, 0.05) is 31.3 Å². The average molecular weight is 286 g/mol. The van der Waals surface area contributed by atoms with Crippen LogP contribution in [0.3, 0.4) is 0 Å². The van der Waals surface area contributed by atoms with Crippen LogP contribution in [0.5, 0.6) is 0 Å². The van der Waals surface area contributed by atoms with E-state index in [1.165, 1.54) is 7.11 Å². The first kappa shape index (κ1) is 13.2. The van der Waals surface area contributed by atoms with Crippen LogP contribution in [0.15, 0.2) is 11.1 Å². The highest BCUT2D eigenvalue weighted by Crippen LogP contribution is 2.34. The van der Waals surface area contributed by atoms with Crippen LogP contribution >= 0.6 is 11.8 Å². The second-order valence-electron chi connectivity index (χ2n) is 4.80.